The summed E-state index contributed by atoms with van der Waals surface area (Å²) in [4.78, 5) is 21.7. The van der Waals surface area contributed by atoms with E-state index in [9.17, 15) is 4.79 Å². The van der Waals surface area contributed by atoms with Crippen LogP contribution in [0.2, 0.25) is 0 Å². The lowest BCUT2D eigenvalue weighted by Crippen LogP contribution is -2.37. The van der Waals surface area contributed by atoms with Crippen LogP contribution in [0.1, 0.15) is 43.1 Å². The van der Waals surface area contributed by atoms with Gasteiger partial charge in [0.15, 0.2) is 0 Å². The molecule has 0 N–H and O–H groups in total. The van der Waals surface area contributed by atoms with Crippen LogP contribution >= 0.6 is 0 Å². The molecule has 6 nitrogen and oxygen atoms in total. The number of anilines is 1. The third-order valence-electron chi connectivity index (χ3n) is 5.28. The molecule has 0 spiro atoms. The summed E-state index contributed by atoms with van der Waals surface area (Å²) in [6, 6.07) is 12.2. The molecular formula is C23H31N3O3. The summed E-state index contributed by atoms with van der Waals surface area (Å²) < 4.78 is 10.7. The van der Waals surface area contributed by atoms with E-state index < -0.39 is 0 Å². The highest BCUT2D eigenvalue weighted by Crippen LogP contribution is 2.26. The fourth-order valence-corrected chi connectivity index (χ4v) is 3.78. The van der Waals surface area contributed by atoms with Crippen LogP contribution in [0.3, 0.4) is 0 Å². The monoisotopic (exact) mass is 397 g/mol. The Labute approximate surface area is 173 Å². The van der Waals surface area contributed by atoms with Crippen molar-refractivity contribution in [3.05, 3.63) is 53.7 Å². The van der Waals surface area contributed by atoms with Gasteiger partial charge in [-0.1, -0.05) is 19.1 Å². The normalized spacial score (nSPS) is 16.5. The highest BCUT2D eigenvalue weighted by Gasteiger charge is 2.30. The number of ether oxygens (including phenoxy) is 2. The van der Waals surface area contributed by atoms with Crippen molar-refractivity contribution in [1.82, 2.24) is 9.88 Å². The Morgan fingerprint density at radius 2 is 2.03 bits per heavy atom. The van der Waals surface area contributed by atoms with Gasteiger partial charge >= 0.3 is 5.97 Å². The molecule has 0 bridgehead atoms. The molecule has 1 aromatic heterocycles. The molecule has 156 valence electrons. The predicted molar refractivity (Wildman–Crippen MR) is 114 cm³/mol. The Kier molecular flexibility index (Phi) is 7.09. The van der Waals surface area contributed by atoms with Gasteiger partial charge in [-0.15, -0.1) is 0 Å². The third kappa shape index (κ3) is 5.26. The number of benzene rings is 1. The summed E-state index contributed by atoms with van der Waals surface area (Å²) in [5, 5.41) is 0. The molecule has 0 amide bonds. The van der Waals surface area contributed by atoms with Gasteiger partial charge in [0.25, 0.3) is 0 Å². The lowest BCUT2D eigenvalue weighted by atomic mass is 10.1. The molecule has 0 unspecified atom stereocenters. The van der Waals surface area contributed by atoms with Gasteiger partial charge in [0.1, 0.15) is 17.1 Å². The van der Waals surface area contributed by atoms with Crippen molar-refractivity contribution < 1.29 is 14.3 Å². The molecule has 0 aliphatic carbocycles. The van der Waals surface area contributed by atoms with Crippen molar-refractivity contribution >= 4 is 11.8 Å². The van der Waals surface area contributed by atoms with E-state index in [0.717, 1.165) is 44.2 Å². The first-order valence-electron chi connectivity index (χ1n) is 10.3. The fraction of sp³-hybridized carbons (Fsp3) is 0.478. The molecule has 29 heavy (non-hydrogen) atoms. The molecule has 0 radical (unpaired) electrons. The maximum Gasteiger partial charge on any atom is 0.342 e. The van der Waals surface area contributed by atoms with Crippen molar-refractivity contribution in [2.75, 3.05) is 31.6 Å². The minimum Gasteiger partial charge on any atom is -0.497 e. The van der Waals surface area contributed by atoms with Gasteiger partial charge in [-0.25, -0.2) is 9.78 Å². The van der Waals surface area contributed by atoms with Gasteiger partial charge in [-0.3, -0.25) is 4.90 Å². The Balaban J connectivity index is 1.69. The fourth-order valence-electron chi connectivity index (χ4n) is 3.78. The predicted octanol–water partition coefficient (Wildman–Crippen LogP) is 3.76. The largest absolute Gasteiger partial charge is 0.497 e. The van der Waals surface area contributed by atoms with Crippen molar-refractivity contribution in [3.63, 3.8) is 0 Å². The standard InChI is InChI=1S/C23H31N3O3/c1-5-25(15-18-8-10-20(28-4)11-9-18)19-12-14-26(16-19)22-21(7-6-13-24-22)23(27)29-17(2)3/h6-11,13,17,19H,5,12,14-16H2,1-4H3/t19-/m1/s1. The lowest BCUT2D eigenvalue weighted by Gasteiger charge is -2.28. The van der Waals surface area contributed by atoms with E-state index in [1.165, 1.54) is 5.56 Å². The van der Waals surface area contributed by atoms with Crippen molar-refractivity contribution in [2.24, 2.45) is 0 Å². The van der Waals surface area contributed by atoms with E-state index >= 15 is 0 Å². The molecule has 1 saturated heterocycles. The molecule has 1 fully saturated rings. The smallest absolute Gasteiger partial charge is 0.342 e. The van der Waals surface area contributed by atoms with E-state index in [1.54, 1.807) is 25.4 Å². The SMILES string of the molecule is CCN(Cc1ccc(OC)cc1)[C@@H]1CCN(c2ncccc2C(=O)OC(C)C)C1. The lowest BCUT2D eigenvalue weighted by molar-refractivity contribution is 0.0378. The zero-order valence-corrected chi connectivity index (χ0v) is 17.8. The number of carbonyl (C=O) groups excluding carboxylic acids is 1. The van der Waals surface area contributed by atoms with Gasteiger partial charge in [-0.2, -0.15) is 0 Å². The van der Waals surface area contributed by atoms with Crippen LogP contribution in [-0.4, -0.2) is 54.7 Å². The molecular weight excluding hydrogens is 366 g/mol. The van der Waals surface area contributed by atoms with E-state index in [2.05, 4.69) is 33.8 Å². The number of aromatic nitrogens is 1. The summed E-state index contributed by atoms with van der Waals surface area (Å²) in [6.07, 6.45) is 2.63. The van der Waals surface area contributed by atoms with E-state index in [-0.39, 0.29) is 12.1 Å². The van der Waals surface area contributed by atoms with Crippen LogP contribution in [0, 0.1) is 0 Å². The van der Waals surface area contributed by atoms with Gasteiger partial charge in [0.05, 0.1) is 13.2 Å². The second-order valence-electron chi connectivity index (χ2n) is 7.63. The quantitative estimate of drug-likeness (QED) is 0.632. The molecule has 1 aromatic carbocycles. The molecule has 1 atom stereocenters. The molecule has 6 heteroatoms. The summed E-state index contributed by atoms with van der Waals surface area (Å²) in [6.45, 7) is 9.50. The number of methoxy groups -OCH3 is 1. The summed E-state index contributed by atoms with van der Waals surface area (Å²) in [5.74, 6) is 1.29. The van der Waals surface area contributed by atoms with E-state index in [0.29, 0.717) is 11.6 Å². The number of pyridine rings is 1. The molecule has 3 rings (SSSR count). The van der Waals surface area contributed by atoms with Gasteiger partial charge in [0, 0.05) is 31.9 Å². The number of nitrogens with zero attached hydrogens (tertiary/aromatic N) is 3. The van der Waals surface area contributed by atoms with Crippen molar-refractivity contribution in [3.8, 4) is 5.75 Å². The van der Waals surface area contributed by atoms with E-state index in [4.69, 9.17) is 9.47 Å². The maximum atomic E-state index is 12.5. The Bertz CT molecular complexity index is 807. The van der Waals surface area contributed by atoms with Crippen molar-refractivity contribution in [1.29, 1.82) is 0 Å². The molecule has 1 aliphatic heterocycles. The first-order chi connectivity index (χ1) is 14.0. The van der Waals surface area contributed by atoms with Crippen LogP contribution in [0.15, 0.2) is 42.6 Å². The van der Waals surface area contributed by atoms with Crippen LogP contribution in [0.4, 0.5) is 5.82 Å². The summed E-state index contributed by atoms with van der Waals surface area (Å²) in [5.41, 5.74) is 1.81. The average Bonchev–Trinajstić information content (AvgIpc) is 3.22. The van der Waals surface area contributed by atoms with Gasteiger partial charge < -0.3 is 14.4 Å². The summed E-state index contributed by atoms with van der Waals surface area (Å²) >= 11 is 0. The number of rotatable bonds is 8. The number of esters is 1. The number of hydrogen-bond donors (Lipinski definition) is 0. The van der Waals surface area contributed by atoms with Crippen LogP contribution in [0.5, 0.6) is 5.75 Å². The third-order valence-corrected chi connectivity index (χ3v) is 5.28. The van der Waals surface area contributed by atoms with Crippen LogP contribution in [0.25, 0.3) is 0 Å². The first-order valence-corrected chi connectivity index (χ1v) is 10.3. The second-order valence-corrected chi connectivity index (χ2v) is 7.63. The number of likely N-dealkylation sites (N-methyl/N-ethyl adjacent to an activating group) is 1. The molecule has 1 aliphatic rings. The average molecular weight is 398 g/mol. The first kappa shape index (κ1) is 21.1. The van der Waals surface area contributed by atoms with Gasteiger partial charge in [-0.05, 0) is 56.6 Å². The van der Waals surface area contributed by atoms with Crippen molar-refractivity contribution in [2.45, 2.75) is 45.9 Å². The van der Waals surface area contributed by atoms with Gasteiger partial charge in [0.2, 0.25) is 0 Å². The number of carbonyl (C=O) groups is 1. The second kappa shape index (κ2) is 9.74. The zero-order chi connectivity index (χ0) is 20.8. The maximum absolute atomic E-state index is 12.5. The van der Waals surface area contributed by atoms with E-state index in [1.807, 2.05) is 26.0 Å². The van der Waals surface area contributed by atoms with Crippen LogP contribution < -0.4 is 9.64 Å². The van der Waals surface area contributed by atoms with Crippen LogP contribution in [-0.2, 0) is 11.3 Å². The summed E-state index contributed by atoms with van der Waals surface area (Å²) in [7, 11) is 1.68. The molecule has 2 heterocycles. The highest BCUT2D eigenvalue weighted by molar-refractivity contribution is 5.94. The highest BCUT2D eigenvalue weighted by atomic mass is 16.5. The Hall–Kier alpha value is -2.60. The Morgan fingerprint density at radius 3 is 2.69 bits per heavy atom. The topological polar surface area (TPSA) is 54.9 Å². The minimum absolute atomic E-state index is 0.151. The Morgan fingerprint density at radius 1 is 1.28 bits per heavy atom. The molecule has 2 aromatic rings. The molecule has 0 saturated carbocycles. The minimum atomic E-state index is -0.308. The zero-order valence-electron chi connectivity index (χ0n) is 17.8. The number of hydrogen-bond acceptors (Lipinski definition) is 6.